The average Bonchev–Trinajstić information content (AvgIpc) is 2.10. The number of hydrogen-bond donors (Lipinski definition) is 4. The molecule has 0 saturated heterocycles. The first-order valence-corrected chi connectivity index (χ1v) is 4.22. The third-order valence-electron chi connectivity index (χ3n) is 2.02. The normalized spacial score (nSPS) is 32.9. The first-order chi connectivity index (χ1) is 6.46. The molecule has 0 aliphatic heterocycles. The Bertz CT molecular complexity index is 287. The summed E-state index contributed by atoms with van der Waals surface area (Å²) in [6.45, 7) is 1.39. The summed E-state index contributed by atoms with van der Waals surface area (Å²) in [5.41, 5.74) is -1.70. The third kappa shape index (κ3) is 2.20. The van der Waals surface area contributed by atoms with E-state index in [-0.39, 0.29) is 0 Å². The Morgan fingerprint density at radius 2 is 2.21 bits per heavy atom. The number of aliphatic carboxylic acids is 1. The largest absolute Gasteiger partial charge is 0.480 e. The lowest BCUT2D eigenvalue weighted by molar-refractivity contribution is -0.142. The number of carboxylic acid groups (broad SMARTS) is 1. The van der Waals surface area contributed by atoms with Crippen molar-refractivity contribution in [3.05, 3.63) is 24.3 Å². The maximum atomic E-state index is 10.5. The summed E-state index contributed by atoms with van der Waals surface area (Å²) in [7, 11) is 0. The summed E-state index contributed by atoms with van der Waals surface area (Å²) in [6.07, 6.45) is 4.66. The van der Waals surface area contributed by atoms with Crippen molar-refractivity contribution in [2.75, 3.05) is 0 Å². The molecule has 0 aromatic heterocycles. The van der Waals surface area contributed by atoms with Crippen LogP contribution in [0.4, 0.5) is 0 Å². The van der Waals surface area contributed by atoms with Crippen LogP contribution in [-0.2, 0) is 4.79 Å². The van der Waals surface area contributed by atoms with E-state index < -0.39 is 23.8 Å². The Hall–Kier alpha value is -1.17. The van der Waals surface area contributed by atoms with Gasteiger partial charge in [0, 0.05) is 0 Å². The third-order valence-corrected chi connectivity index (χ3v) is 2.02. The van der Waals surface area contributed by atoms with E-state index in [1.807, 2.05) is 0 Å². The van der Waals surface area contributed by atoms with Gasteiger partial charge in [0.05, 0.1) is 0 Å². The molecule has 0 heterocycles. The van der Waals surface area contributed by atoms with Crippen LogP contribution in [0.3, 0.4) is 0 Å². The van der Waals surface area contributed by atoms with E-state index in [1.165, 1.54) is 25.2 Å². The van der Waals surface area contributed by atoms with E-state index >= 15 is 0 Å². The van der Waals surface area contributed by atoms with Gasteiger partial charge in [0.15, 0.2) is 5.72 Å². The molecule has 0 radical (unpaired) electrons. The van der Waals surface area contributed by atoms with Gasteiger partial charge in [-0.2, -0.15) is 0 Å². The molecule has 0 amide bonds. The number of aliphatic hydroxyl groups excluding tert-OH is 1. The molecule has 78 valence electrons. The van der Waals surface area contributed by atoms with Crippen molar-refractivity contribution in [1.82, 2.24) is 5.32 Å². The molecule has 0 fully saturated rings. The average molecular weight is 199 g/mol. The first-order valence-electron chi connectivity index (χ1n) is 4.22. The van der Waals surface area contributed by atoms with E-state index in [9.17, 15) is 15.0 Å². The highest BCUT2D eigenvalue weighted by Gasteiger charge is 2.35. The fourth-order valence-electron chi connectivity index (χ4n) is 1.16. The number of carbonyl (C=O) groups is 1. The maximum absolute atomic E-state index is 10.5. The van der Waals surface area contributed by atoms with Crippen LogP contribution < -0.4 is 5.32 Å². The van der Waals surface area contributed by atoms with Gasteiger partial charge in [0.2, 0.25) is 0 Å². The zero-order valence-electron chi connectivity index (χ0n) is 7.71. The lowest BCUT2D eigenvalue weighted by Gasteiger charge is -2.32. The predicted molar refractivity (Wildman–Crippen MR) is 49.5 cm³/mol. The fourth-order valence-corrected chi connectivity index (χ4v) is 1.16. The van der Waals surface area contributed by atoms with E-state index in [4.69, 9.17) is 5.11 Å². The van der Waals surface area contributed by atoms with Crippen molar-refractivity contribution >= 4 is 5.97 Å². The number of hydrogen-bond acceptors (Lipinski definition) is 4. The highest BCUT2D eigenvalue weighted by atomic mass is 16.4. The number of aliphatic hydroxyl groups is 2. The minimum absolute atomic E-state index is 0.939. The van der Waals surface area contributed by atoms with E-state index in [1.54, 1.807) is 6.08 Å². The molecule has 3 atom stereocenters. The van der Waals surface area contributed by atoms with E-state index in [0.29, 0.717) is 0 Å². The van der Waals surface area contributed by atoms with Crippen LogP contribution in [0.1, 0.15) is 6.92 Å². The number of allylic oxidation sites excluding steroid dienone is 2. The van der Waals surface area contributed by atoms with Crippen LogP contribution in [0.15, 0.2) is 24.3 Å². The summed E-state index contributed by atoms with van der Waals surface area (Å²) < 4.78 is 0. The van der Waals surface area contributed by atoms with Gasteiger partial charge in [-0.1, -0.05) is 18.2 Å². The van der Waals surface area contributed by atoms with Gasteiger partial charge in [-0.25, -0.2) is 0 Å². The van der Waals surface area contributed by atoms with Crippen LogP contribution in [0.2, 0.25) is 0 Å². The van der Waals surface area contributed by atoms with Crippen LogP contribution in [0.25, 0.3) is 0 Å². The Labute approximate surface area is 81.4 Å². The van der Waals surface area contributed by atoms with Gasteiger partial charge in [-0.15, -0.1) is 0 Å². The lowest BCUT2D eigenvalue weighted by Crippen LogP contribution is -2.57. The molecule has 2 unspecified atom stereocenters. The minimum Gasteiger partial charge on any atom is -0.480 e. The monoisotopic (exact) mass is 199 g/mol. The molecule has 0 saturated carbocycles. The Balaban J connectivity index is 2.71. The quantitative estimate of drug-likeness (QED) is 0.448. The SMILES string of the molecule is C[C@H](NC1(O)C=CC=CC1O)C(=O)O. The predicted octanol–water partition coefficient (Wildman–Crippen LogP) is -0.775. The van der Waals surface area contributed by atoms with Crippen LogP contribution in [-0.4, -0.2) is 39.2 Å². The standard InChI is InChI=1S/C9H13NO4/c1-6(8(12)13)10-9(14)5-3-2-4-7(9)11/h2-7,10-11,14H,1H3,(H,12,13)/t6-,7?,9?/m0/s1. The lowest BCUT2D eigenvalue weighted by atomic mass is 10.0. The van der Waals surface area contributed by atoms with E-state index in [0.717, 1.165) is 0 Å². The summed E-state index contributed by atoms with van der Waals surface area (Å²) in [5.74, 6) is -1.09. The zero-order valence-corrected chi connectivity index (χ0v) is 7.71. The molecule has 0 spiro atoms. The van der Waals surface area contributed by atoms with Gasteiger partial charge in [0.1, 0.15) is 12.1 Å². The molecular weight excluding hydrogens is 186 g/mol. The van der Waals surface area contributed by atoms with Gasteiger partial charge in [0.25, 0.3) is 0 Å². The molecular formula is C9H13NO4. The van der Waals surface area contributed by atoms with Crippen molar-refractivity contribution < 1.29 is 20.1 Å². The van der Waals surface area contributed by atoms with Crippen LogP contribution in [0.5, 0.6) is 0 Å². The summed E-state index contributed by atoms with van der Waals surface area (Å²) in [4.78, 5) is 10.5. The minimum atomic E-state index is -1.70. The Kier molecular flexibility index (Phi) is 3.05. The highest BCUT2D eigenvalue weighted by Crippen LogP contribution is 2.15. The Morgan fingerprint density at radius 1 is 1.57 bits per heavy atom. The van der Waals surface area contributed by atoms with Gasteiger partial charge < -0.3 is 15.3 Å². The molecule has 1 aliphatic carbocycles. The van der Waals surface area contributed by atoms with Crippen LogP contribution in [0, 0.1) is 0 Å². The van der Waals surface area contributed by atoms with Crippen molar-refractivity contribution in [1.29, 1.82) is 0 Å². The molecule has 0 aromatic carbocycles. The highest BCUT2D eigenvalue weighted by molar-refractivity contribution is 5.73. The summed E-state index contributed by atoms with van der Waals surface area (Å²) >= 11 is 0. The van der Waals surface area contributed by atoms with Crippen molar-refractivity contribution in [2.24, 2.45) is 0 Å². The van der Waals surface area contributed by atoms with Crippen molar-refractivity contribution in [3.63, 3.8) is 0 Å². The fraction of sp³-hybridized carbons (Fsp3) is 0.444. The maximum Gasteiger partial charge on any atom is 0.320 e. The molecule has 4 N–H and O–H groups in total. The molecule has 0 bridgehead atoms. The second kappa shape index (κ2) is 3.91. The summed E-state index contributed by atoms with van der Waals surface area (Å²) in [6, 6.07) is -0.939. The molecule has 0 aromatic rings. The molecule has 1 rings (SSSR count). The molecule has 1 aliphatic rings. The first kappa shape index (κ1) is 10.9. The molecule has 14 heavy (non-hydrogen) atoms. The molecule has 5 heteroatoms. The zero-order chi connectivity index (χ0) is 10.8. The number of carboxylic acids is 1. The second-order valence-corrected chi connectivity index (χ2v) is 3.22. The van der Waals surface area contributed by atoms with Gasteiger partial charge >= 0.3 is 5.97 Å². The number of rotatable bonds is 3. The van der Waals surface area contributed by atoms with Crippen LogP contribution >= 0.6 is 0 Å². The van der Waals surface area contributed by atoms with Crippen molar-refractivity contribution in [3.8, 4) is 0 Å². The summed E-state index contributed by atoms with van der Waals surface area (Å²) in [5, 5.41) is 30.2. The van der Waals surface area contributed by atoms with Gasteiger partial charge in [-0.05, 0) is 13.0 Å². The topological polar surface area (TPSA) is 89.8 Å². The van der Waals surface area contributed by atoms with Crippen molar-refractivity contribution in [2.45, 2.75) is 24.8 Å². The van der Waals surface area contributed by atoms with Gasteiger partial charge in [-0.3, -0.25) is 10.1 Å². The molecule has 5 nitrogen and oxygen atoms in total. The Morgan fingerprint density at radius 3 is 2.71 bits per heavy atom. The second-order valence-electron chi connectivity index (χ2n) is 3.22. The number of nitrogens with one attached hydrogen (secondary N) is 1. The van der Waals surface area contributed by atoms with E-state index in [2.05, 4.69) is 5.32 Å². The smallest absolute Gasteiger partial charge is 0.320 e.